The molecule has 1 unspecified atom stereocenters. The highest BCUT2D eigenvalue weighted by Crippen LogP contribution is 2.32. The summed E-state index contributed by atoms with van der Waals surface area (Å²) in [5.41, 5.74) is 5.96. The number of amides is 1. The fraction of sp³-hybridized carbons (Fsp3) is 0.300. The first-order valence-electron chi connectivity index (χ1n) is 5.12. The van der Waals surface area contributed by atoms with Gasteiger partial charge in [0.05, 0.1) is 0 Å². The molecule has 0 heterocycles. The number of aliphatic hydroxyl groups is 1. The number of hydrogen-bond donors (Lipinski definition) is 5. The van der Waals surface area contributed by atoms with E-state index in [0.717, 1.165) is 0 Å². The fourth-order valence-electron chi connectivity index (χ4n) is 1.30. The maximum absolute atomic E-state index is 11.5. The lowest BCUT2D eigenvalue weighted by atomic mass is 10.0. The number of nitrogens with two attached hydrogens (primary N) is 1. The molecule has 7 nitrogen and oxygen atoms in total. The summed E-state index contributed by atoms with van der Waals surface area (Å²) in [6.07, 6.45) is -2.04. The van der Waals surface area contributed by atoms with Crippen LogP contribution in [-0.2, 0) is 9.36 Å². The molecule has 0 aliphatic carbocycles. The van der Waals surface area contributed by atoms with E-state index in [4.69, 9.17) is 15.5 Å². The van der Waals surface area contributed by atoms with Crippen molar-refractivity contribution in [1.82, 2.24) is 5.32 Å². The van der Waals surface area contributed by atoms with Crippen molar-refractivity contribution in [1.29, 1.82) is 0 Å². The van der Waals surface area contributed by atoms with E-state index in [1.807, 2.05) is 5.32 Å². The summed E-state index contributed by atoms with van der Waals surface area (Å²) in [4.78, 5) is 28.7. The molecule has 6 N–H and O–H groups in total. The molecule has 1 amide bonds. The second-order valence-corrected chi connectivity index (χ2v) is 5.39. The van der Waals surface area contributed by atoms with Crippen molar-refractivity contribution in [2.75, 3.05) is 6.29 Å². The molecule has 0 bridgehead atoms. The van der Waals surface area contributed by atoms with Crippen LogP contribution in [0.25, 0.3) is 0 Å². The first-order valence-corrected chi connectivity index (χ1v) is 6.92. The normalized spacial score (nSPS) is 14.9. The highest BCUT2D eigenvalue weighted by atomic mass is 31.2. The Hall–Kier alpha value is -1.24. The van der Waals surface area contributed by atoms with Crippen molar-refractivity contribution in [2.24, 2.45) is 5.73 Å². The molecule has 1 aromatic carbocycles. The highest BCUT2D eigenvalue weighted by molar-refractivity contribution is 7.51. The Labute approximate surface area is 104 Å². The van der Waals surface area contributed by atoms with Crippen molar-refractivity contribution in [3.8, 4) is 0 Å². The Kier molecular flexibility index (Phi) is 5.01. The van der Waals surface area contributed by atoms with Gasteiger partial charge in [-0.2, -0.15) is 0 Å². The SMILES string of the molecule is N[C@H](C(=O)NCP(=O)(O)O)C(O)c1ccccc1. The molecule has 0 aliphatic rings. The Bertz CT molecular complexity index is 447. The number of benzene rings is 1. The molecule has 0 saturated carbocycles. The summed E-state index contributed by atoms with van der Waals surface area (Å²) in [6, 6.07) is 7.01. The van der Waals surface area contributed by atoms with E-state index < -0.39 is 31.9 Å². The standard InChI is InChI=1S/C10H15N2O5P/c11-8(10(14)12-6-18(15,16)17)9(13)7-4-2-1-3-5-7/h1-5,8-9,13H,6,11H2,(H,12,14)(H2,15,16,17)/t8-,9?/m0/s1. The van der Waals surface area contributed by atoms with Crippen molar-refractivity contribution < 1.29 is 24.3 Å². The molecule has 0 radical (unpaired) electrons. The van der Waals surface area contributed by atoms with Crippen LogP contribution in [0.5, 0.6) is 0 Å². The van der Waals surface area contributed by atoms with E-state index in [1.54, 1.807) is 30.3 Å². The fourth-order valence-corrected chi connectivity index (χ4v) is 1.66. The number of aliphatic hydroxyl groups excluding tert-OH is 1. The minimum Gasteiger partial charge on any atom is -0.386 e. The summed E-state index contributed by atoms with van der Waals surface area (Å²) < 4.78 is 10.6. The number of rotatable bonds is 5. The van der Waals surface area contributed by atoms with Crippen LogP contribution in [0.4, 0.5) is 0 Å². The van der Waals surface area contributed by atoms with Crippen molar-refractivity contribution in [3.63, 3.8) is 0 Å². The largest absolute Gasteiger partial charge is 0.386 e. The Morgan fingerprint density at radius 1 is 1.33 bits per heavy atom. The van der Waals surface area contributed by atoms with Crippen LogP contribution in [0.15, 0.2) is 30.3 Å². The second kappa shape index (κ2) is 6.08. The van der Waals surface area contributed by atoms with Crippen molar-refractivity contribution >= 4 is 13.5 Å². The lowest BCUT2D eigenvalue weighted by Gasteiger charge is -2.18. The van der Waals surface area contributed by atoms with Gasteiger partial charge in [-0.3, -0.25) is 9.36 Å². The Balaban J connectivity index is 2.61. The van der Waals surface area contributed by atoms with Gasteiger partial charge in [-0.15, -0.1) is 0 Å². The summed E-state index contributed by atoms with van der Waals surface area (Å²) >= 11 is 0. The number of carbonyl (C=O) groups excluding carboxylic acids is 1. The highest BCUT2D eigenvalue weighted by Gasteiger charge is 2.25. The van der Waals surface area contributed by atoms with E-state index in [9.17, 15) is 14.5 Å². The predicted octanol–water partition coefficient (Wildman–Crippen LogP) is -0.701. The maximum Gasteiger partial charge on any atom is 0.344 e. The zero-order valence-electron chi connectivity index (χ0n) is 9.43. The number of carbonyl (C=O) groups is 1. The van der Waals surface area contributed by atoms with E-state index >= 15 is 0 Å². The molecule has 0 aromatic heterocycles. The lowest BCUT2D eigenvalue weighted by Crippen LogP contribution is -2.44. The van der Waals surface area contributed by atoms with Gasteiger partial charge in [0.25, 0.3) is 0 Å². The summed E-state index contributed by atoms with van der Waals surface area (Å²) in [6.45, 7) is 0. The first kappa shape index (κ1) is 14.8. The topological polar surface area (TPSA) is 133 Å². The quantitative estimate of drug-likeness (QED) is 0.451. The second-order valence-electron chi connectivity index (χ2n) is 3.75. The van der Waals surface area contributed by atoms with Gasteiger partial charge in [-0.25, -0.2) is 0 Å². The minimum atomic E-state index is -4.33. The van der Waals surface area contributed by atoms with E-state index in [1.165, 1.54) is 0 Å². The van der Waals surface area contributed by atoms with Gasteiger partial charge in [-0.05, 0) is 5.56 Å². The zero-order valence-corrected chi connectivity index (χ0v) is 10.3. The molecule has 0 saturated heterocycles. The third-order valence-electron chi connectivity index (χ3n) is 2.24. The van der Waals surface area contributed by atoms with Gasteiger partial charge in [0, 0.05) is 0 Å². The molecule has 100 valence electrons. The third kappa shape index (κ3) is 4.56. The summed E-state index contributed by atoms with van der Waals surface area (Å²) in [7, 11) is -4.33. The lowest BCUT2D eigenvalue weighted by molar-refractivity contribution is -0.124. The molecule has 0 aliphatic heterocycles. The van der Waals surface area contributed by atoms with Crippen LogP contribution in [0.1, 0.15) is 11.7 Å². The van der Waals surface area contributed by atoms with Crippen LogP contribution < -0.4 is 11.1 Å². The van der Waals surface area contributed by atoms with Gasteiger partial charge >= 0.3 is 7.60 Å². The molecule has 1 rings (SSSR count). The molecule has 8 heteroatoms. The summed E-state index contributed by atoms with van der Waals surface area (Å²) in [5.74, 6) is -0.824. The van der Waals surface area contributed by atoms with Crippen LogP contribution in [0, 0.1) is 0 Å². The van der Waals surface area contributed by atoms with Crippen molar-refractivity contribution in [2.45, 2.75) is 12.1 Å². The van der Waals surface area contributed by atoms with Crippen LogP contribution >= 0.6 is 7.60 Å². The van der Waals surface area contributed by atoms with Gasteiger partial charge in [0.2, 0.25) is 5.91 Å². The molecule has 2 atom stereocenters. The smallest absolute Gasteiger partial charge is 0.344 e. The average molecular weight is 274 g/mol. The predicted molar refractivity (Wildman–Crippen MR) is 64.4 cm³/mol. The monoisotopic (exact) mass is 274 g/mol. The Morgan fingerprint density at radius 3 is 2.39 bits per heavy atom. The third-order valence-corrected chi connectivity index (χ3v) is 2.81. The minimum absolute atomic E-state index is 0.455. The molecule has 1 aromatic rings. The Morgan fingerprint density at radius 2 is 1.89 bits per heavy atom. The van der Waals surface area contributed by atoms with Gasteiger partial charge in [0.1, 0.15) is 18.4 Å². The molecule has 18 heavy (non-hydrogen) atoms. The summed E-state index contributed by atoms with van der Waals surface area (Å²) in [5, 5.41) is 11.8. The molecular weight excluding hydrogens is 259 g/mol. The zero-order chi connectivity index (χ0) is 13.8. The first-order chi connectivity index (χ1) is 8.31. The van der Waals surface area contributed by atoms with E-state index in [2.05, 4.69) is 0 Å². The maximum atomic E-state index is 11.5. The van der Waals surface area contributed by atoms with Gasteiger partial charge in [-0.1, -0.05) is 30.3 Å². The van der Waals surface area contributed by atoms with Gasteiger partial charge < -0.3 is 25.9 Å². The van der Waals surface area contributed by atoms with E-state index in [0.29, 0.717) is 5.56 Å². The number of hydrogen-bond acceptors (Lipinski definition) is 4. The number of nitrogens with one attached hydrogen (secondary N) is 1. The van der Waals surface area contributed by atoms with Crippen molar-refractivity contribution in [3.05, 3.63) is 35.9 Å². The average Bonchev–Trinajstić information content (AvgIpc) is 2.34. The molecular formula is C10H15N2O5P. The molecule has 0 fully saturated rings. The van der Waals surface area contributed by atoms with Crippen LogP contribution in [0.2, 0.25) is 0 Å². The van der Waals surface area contributed by atoms with E-state index in [-0.39, 0.29) is 0 Å². The molecule has 0 spiro atoms. The van der Waals surface area contributed by atoms with Crippen LogP contribution in [0.3, 0.4) is 0 Å². The van der Waals surface area contributed by atoms with Crippen LogP contribution in [-0.4, -0.2) is 33.1 Å². The van der Waals surface area contributed by atoms with Gasteiger partial charge in [0.15, 0.2) is 0 Å².